The smallest absolute Gasteiger partial charge is 0.352 e. The van der Waals surface area contributed by atoms with Crippen LogP contribution in [0.3, 0.4) is 0 Å². The van der Waals surface area contributed by atoms with Gasteiger partial charge >= 0.3 is 6.18 Å². The maximum Gasteiger partial charge on any atom is 0.416 e. The van der Waals surface area contributed by atoms with E-state index in [1.807, 2.05) is 0 Å². The van der Waals surface area contributed by atoms with E-state index in [1.54, 1.807) is 0 Å². The van der Waals surface area contributed by atoms with Crippen molar-refractivity contribution in [2.75, 3.05) is 6.54 Å². The van der Waals surface area contributed by atoms with Crippen LogP contribution in [0.15, 0.2) is 24.3 Å². The van der Waals surface area contributed by atoms with Crippen molar-refractivity contribution < 1.29 is 18.0 Å². The van der Waals surface area contributed by atoms with Crippen molar-refractivity contribution in [2.24, 2.45) is 11.7 Å². The zero-order chi connectivity index (χ0) is 14.8. The molecule has 3 nitrogen and oxygen atoms in total. The second-order valence-corrected chi connectivity index (χ2v) is 5.23. The van der Waals surface area contributed by atoms with Crippen molar-refractivity contribution in [3.63, 3.8) is 0 Å². The first kappa shape index (κ1) is 14.8. The minimum absolute atomic E-state index is 0.0297. The molecule has 6 heteroatoms. The molecule has 0 spiro atoms. The molecule has 0 aromatic heterocycles. The first-order chi connectivity index (χ1) is 9.36. The number of carbonyl (C=O) groups is 1. The first-order valence-corrected chi connectivity index (χ1v) is 6.57. The topological polar surface area (TPSA) is 55.1 Å². The minimum atomic E-state index is -4.44. The van der Waals surface area contributed by atoms with Gasteiger partial charge in [-0.2, -0.15) is 13.2 Å². The SMILES string of the molecule is NC1CCC(CNC(=O)c2cccc(C(F)(F)F)c2)C1. The van der Waals surface area contributed by atoms with Crippen molar-refractivity contribution >= 4 is 5.91 Å². The summed E-state index contributed by atoms with van der Waals surface area (Å²) in [6.07, 6.45) is -1.70. The van der Waals surface area contributed by atoms with Crippen LogP contribution >= 0.6 is 0 Å². The lowest BCUT2D eigenvalue weighted by Crippen LogP contribution is -2.29. The molecule has 20 heavy (non-hydrogen) atoms. The Kier molecular flexibility index (Phi) is 4.32. The van der Waals surface area contributed by atoms with Gasteiger partial charge in [-0.25, -0.2) is 0 Å². The van der Waals surface area contributed by atoms with Gasteiger partial charge in [0.05, 0.1) is 5.56 Å². The van der Waals surface area contributed by atoms with Crippen molar-refractivity contribution in [2.45, 2.75) is 31.5 Å². The van der Waals surface area contributed by atoms with Gasteiger partial charge in [0, 0.05) is 18.2 Å². The van der Waals surface area contributed by atoms with Crippen molar-refractivity contribution in [3.05, 3.63) is 35.4 Å². The van der Waals surface area contributed by atoms with Gasteiger partial charge in [0.1, 0.15) is 0 Å². The third kappa shape index (κ3) is 3.72. The summed E-state index contributed by atoms with van der Waals surface area (Å²) in [6.45, 7) is 0.461. The van der Waals surface area contributed by atoms with E-state index in [-0.39, 0.29) is 11.6 Å². The van der Waals surface area contributed by atoms with Crippen molar-refractivity contribution in [3.8, 4) is 0 Å². The maximum atomic E-state index is 12.6. The molecule has 0 saturated heterocycles. The van der Waals surface area contributed by atoms with Crippen LogP contribution in [0, 0.1) is 5.92 Å². The number of alkyl halides is 3. The molecule has 0 aliphatic heterocycles. The third-order valence-electron chi connectivity index (χ3n) is 3.59. The second kappa shape index (κ2) is 5.83. The van der Waals surface area contributed by atoms with E-state index in [2.05, 4.69) is 5.32 Å². The fourth-order valence-electron chi connectivity index (χ4n) is 2.47. The van der Waals surface area contributed by atoms with Crippen molar-refractivity contribution in [1.82, 2.24) is 5.32 Å². The Morgan fingerprint density at radius 3 is 2.70 bits per heavy atom. The molecule has 1 saturated carbocycles. The van der Waals surface area contributed by atoms with E-state index in [0.717, 1.165) is 31.4 Å². The fourth-order valence-corrected chi connectivity index (χ4v) is 2.47. The number of hydrogen-bond donors (Lipinski definition) is 2. The molecular weight excluding hydrogens is 269 g/mol. The van der Waals surface area contributed by atoms with Gasteiger partial charge in [0.2, 0.25) is 0 Å². The van der Waals surface area contributed by atoms with E-state index < -0.39 is 17.6 Å². The Balaban J connectivity index is 1.95. The summed E-state index contributed by atoms with van der Waals surface area (Å²) < 4.78 is 37.7. The Labute approximate surface area is 115 Å². The van der Waals surface area contributed by atoms with Gasteiger partial charge in [-0.15, -0.1) is 0 Å². The number of rotatable bonds is 3. The fraction of sp³-hybridized carbons (Fsp3) is 0.500. The van der Waals surface area contributed by atoms with E-state index in [0.29, 0.717) is 12.5 Å². The molecule has 110 valence electrons. The number of nitrogens with two attached hydrogens (primary N) is 1. The number of benzene rings is 1. The van der Waals surface area contributed by atoms with E-state index >= 15 is 0 Å². The molecule has 0 bridgehead atoms. The lowest BCUT2D eigenvalue weighted by molar-refractivity contribution is -0.137. The molecule has 2 unspecified atom stereocenters. The third-order valence-corrected chi connectivity index (χ3v) is 3.59. The van der Waals surface area contributed by atoms with Crippen LogP contribution in [0.4, 0.5) is 13.2 Å². The van der Waals surface area contributed by atoms with Gasteiger partial charge in [-0.1, -0.05) is 6.07 Å². The summed E-state index contributed by atoms with van der Waals surface area (Å²) in [5, 5.41) is 2.68. The van der Waals surface area contributed by atoms with E-state index in [4.69, 9.17) is 5.73 Å². The molecule has 2 rings (SSSR count). The highest BCUT2D eigenvalue weighted by Gasteiger charge is 2.31. The highest BCUT2D eigenvalue weighted by atomic mass is 19.4. The average Bonchev–Trinajstić information content (AvgIpc) is 2.81. The van der Waals surface area contributed by atoms with Gasteiger partial charge in [0.15, 0.2) is 0 Å². The van der Waals surface area contributed by atoms with Crippen LogP contribution in [0.1, 0.15) is 35.2 Å². The summed E-state index contributed by atoms with van der Waals surface area (Å²) in [7, 11) is 0. The standard InChI is InChI=1S/C14H17F3N2O/c15-14(16,17)11-3-1-2-10(7-11)13(20)19-8-9-4-5-12(18)6-9/h1-3,7,9,12H,4-6,8,18H2,(H,19,20). The van der Waals surface area contributed by atoms with Gasteiger partial charge in [-0.3, -0.25) is 4.79 Å². The number of nitrogens with one attached hydrogen (secondary N) is 1. The Bertz CT molecular complexity index is 488. The highest BCUT2D eigenvalue weighted by molar-refractivity contribution is 5.94. The summed E-state index contributed by atoms with van der Waals surface area (Å²) in [5.74, 6) is -0.156. The van der Waals surface area contributed by atoms with Crippen LogP contribution < -0.4 is 11.1 Å². The Morgan fingerprint density at radius 2 is 2.10 bits per heavy atom. The molecule has 1 fully saturated rings. The zero-order valence-corrected chi connectivity index (χ0v) is 10.9. The summed E-state index contributed by atoms with van der Waals surface area (Å²) in [5.41, 5.74) is 4.99. The number of amides is 1. The zero-order valence-electron chi connectivity index (χ0n) is 10.9. The van der Waals surface area contributed by atoms with Crippen LogP contribution in [0.5, 0.6) is 0 Å². The number of hydrogen-bond acceptors (Lipinski definition) is 2. The monoisotopic (exact) mass is 286 g/mol. The lowest BCUT2D eigenvalue weighted by atomic mass is 10.1. The predicted octanol–water partition coefficient (Wildman–Crippen LogP) is 2.56. The molecule has 1 aliphatic carbocycles. The van der Waals surface area contributed by atoms with Gasteiger partial charge < -0.3 is 11.1 Å². The predicted molar refractivity (Wildman–Crippen MR) is 69.1 cm³/mol. The Hall–Kier alpha value is -1.56. The largest absolute Gasteiger partial charge is 0.416 e. The number of halogens is 3. The molecule has 2 atom stereocenters. The van der Waals surface area contributed by atoms with Gasteiger partial charge in [-0.05, 0) is 43.4 Å². The highest BCUT2D eigenvalue weighted by Crippen LogP contribution is 2.29. The average molecular weight is 286 g/mol. The molecule has 3 N–H and O–H groups in total. The molecular formula is C14H17F3N2O. The normalized spacial score (nSPS) is 22.8. The summed E-state index contributed by atoms with van der Waals surface area (Å²) in [4.78, 5) is 11.9. The molecule has 1 aromatic rings. The number of carbonyl (C=O) groups excluding carboxylic acids is 1. The second-order valence-electron chi connectivity index (χ2n) is 5.23. The van der Waals surface area contributed by atoms with E-state index in [9.17, 15) is 18.0 Å². The Morgan fingerprint density at radius 1 is 1.35 bits per heavy atom. The lowest BCUT2D eigenvalue weighted by Gasteiger charge is -2.12. The molecule has 1 amide bonds. The summed E-state index contributed by atoms with van der Waals surface area (Å²) >= 11 is 0. The minimum Gasteiger partial charge on any atom is -0.352 e. The van der Waals surface area contributed by atoms with Crippen LogP contribution in [0.2, 0.25) is 0 Å². The first-order valence-electron chi connectivity index (χ1n) is 6.57. The van der Waals surface area contributed by atoms with Crippen molar-refractivity contribution in [1.29, 1.82) is 0 Å². The quantitative estimate of drug-likeness (QED) is 0.897. The maximum absolute atomic E-state index is 12.6. The van der Waals surface area contributed by atoms with E-state index in [1.165, 1.54) is 12.1 Å². The molecule has 1 aromatic carbocycles. The molecule has 0 radical (unpaired) electrons. The molecule has 1 aliphatic rings. The van der Waals surface area contributed by atoms with Gasteiger partial charge in [0.25, 0.3) is 5.91 Å². The molecule has 0 heterocycles. The summed E-state index contributed by atoms with van der Waals surface area (Å²) in [6, 6.07) is 4.61. The van der Waals surface area contributed by atoms with Crippen LogP contribution in [-0.2, 0) is 6.18 Å². The van der Waals surface area contributed by atoms with Crippen LogP contribution in [-0.4, -0.2) is 18.5 Å². The van der Waals surface area contributed by atoms with Crippen LogP contribution in [0.25, 0.3) is 0 Å².